The number of hydrogen-bond acceptors (Lipinski definition) is 4. The third kappa shape index (κ3) is 2.23. The maximum atomic E-state index is 4.30. The Labute approximate surface area is 89.1 Å². The molecule has 1 aliphatic rings. The lowest BCUT2D eigenvalue weighted by Gasteiger charge is -2.13. The molecule has 4 heteroatoms. The van der Waals surface area contributed by atoms with Crippen molar-refractivity contribution in [3.8, 4) is 0 Å². The van der Waals surface area contributed by atoms with E-state index in [0.29, 0.717) is 5.41 Å². The molecule has 1 N–H and O–H groups in total. The van der Waals surface area contributed by atoms with Gasteiger partial charge in [0.25, 0.3) is 0 Å². The van der Waals surface area contributed by atoms with Crippen LogP contribution in [0.25, 0.3) is 0 Å². The molecule has 0 aromatic carbocycles. The third-order valence-electron chi connectivity index (χ3n) is 2.88. The van der Waals surface area contributed by atoms with Gasteiger partial charge in [0, 0.05) is 18.1 Å². The maximum Gasteiger partial charge on any atom is 0.202 e. The van der Waals surface area contributed by atoms with Gasteiger partial charge in [-0.15, -0.1) is 0 Å². The largest absolute Gasteiger partial charge is 0.360 e. The van der Waals surface area contributed by atoms with Crippen LogP contribution in [0, 0.1) is 12.3 Å². The van der Waals surface area contributed by atoms with Crippen LogP contribution < -0.4 is 5.32 Å². The maximum absolute atomic E-state index is 4.30. The predicted molar refractivity (Wildman–Crippen MR) is 59.7 cm³/mol. The molecule has 1 fully saturated rings. The molecule has 0 unspecified atom stereocenters. The Morgan fingerprint density at radius 1 is 1.50 bits per heavy atom. The fourth-order valence-corrected chi connectivity index (χ4v) is 2.42. The number of aryl methyl sites for hydroxylation is 1. The average Bonchev–Trinajstić information content (AvgIpc) is 2.80. The van der Waals surface area contributed by atoms with Crippen molar-refractivity contribution in [2.45, 2.75) is 39.5 Å². The zero-order valence-corrected chi connectivity index (χ0v) is 9.65. The number of hydrogen-bond donors (Lipinski definition) is 1. The van der Waals surface area contributed by atoms with Crippen LogP contribution in [0.2, 0.25) is 0 Å². The molecule has 3 nitrogen and oxygen atoms in total. The fraction of sp³-hybridized carbons (Fsp3) is 0.800. The first kappa shape index (κ1) is 9.90. The SMILES string of the molecule is CCCC1(CNc2nc(C)ns2)CC1. The van der Waals surface area contributed by atoms with E-state index in [1.807, 2.05) is 6.92 Å². The second-order valence-corrected chi connectivity index (χ2v) is 5.00. The average molecular weight is 211 g/mol. The summed E-state index contributed by atoms with van der Waals surface area (Å²) in [6.07, 6.45) is 5.39. The van der Waals surface area contributed by atoms with E-state index in [9.17, 15) is 0 Å². The molecule has 78 valence electrons. The molecule has 0 aliphatic heterocycles. The van der Waals surface area contributed by atoms with E-state index in [1.54, 1.807) is 0 Å². The summed E-state index contributed by atoms with van der Waals surface area (Å²) < 4.78 is 4.15. The highest BCUT2D eigenvalue weighted by Gasteiger charge is 2.41. The molecule has 1 aliphatic carbocycles. The molecule has 1 saturated carbocycles. The summed E-state index contributed by atoms with van der Waals surface area (Å²) in [5, 5.41) is 4.37. The molecule has 0 bridgehead atoms. The lowest BCUT2D eigenvalue weighted by atomic mass is 10.0. The van der Waals surface area contributed by atoms with E-state index in [4.69, 9.17) is 0 Å². The number of nitrogens with zero attached hydrogens (tertiary/aromatic N) is 2. The zero-order valence-electron chi connectivity index (χ0n) is 8.84. The summed E-state index contributed by atoms with van der Waals surface area (Å²) in [6.45, 7) is 5.27. The second-order valence-electron chi connectivity index (χ2n) is 4.25. The van der Waals surface area contributed by atoms with Crippen molar-refractivity contribution < 1.29 is 0 Å². The predicted octanol–water partition coefficient (Wildman–Crippen LogP) is 2.84. The van der Waals surface area contributed by atoms with Gasteiger partial charge >= 0.3 is 0 Å². The van der Waals surface area contributed by atoms with Crippen molar-refractivity contribution >= 4 is 16.7 Å². The van der Waals surface area contributed by atoms with Crippen molar-refractivity contribution in [3.05, 3.63) is 5.82 Å². The van der Waals surface area contributed by atoms with Gasteiger partial charge in [0.15, 0.2) is 0 Å². The molecule has 14 heavy (non-hydrogen) atoms. The number of nitrogens with one attached hydrogen (secondary N) is 1. The van der Waals surface area contributed by atoms with Gasteiger partial charge in [-0.25, -0.2) is 4.98 Å². The lowest BCUT2D eigenvalue weighted by molar-refractivity contribution is 0.485. The highest BCUT2D eigenvalue weighted by molar-refractivity contribution is 7.09. The van der Waals surface area contributed by atoms with Crippen molar-refractivity contribution in [2.75, 3.05) is 11.9 Å². The summed E-state index contributed by atoms with van der Waals surface area (Å²) in [5.74, 6) is 0.873. The first-order valence-corrected chi connectivity index (χ1v) is 6.06. The van der Waals surface area contributed by atoms with E-state index in [2.05, 4.69) is 21.6 Å². The molecule has 0 spiro atoms. The second kappa shape index (κ2) is 3.85. The van der Waals surface area contributed by atoms with Gasteiger partial charge in [-0.1, -0.05) is 13.3 Å². The van der Waals surface area contributed by atoms with E-state index in [-0.39, 0.29) is 0 Å². The third-order valence-corrected chi connectivity index (χ3v) is 3.64. The van der Waals surface area contributed by atoms with Crippen LogP contribution in [-0.4, -0.2) is 15.9 Å². The van der Waals surface area contributed by atoms with Gasteiger partial charge in [0.2, 0.25) is 5.13 Å². The molecular weight excluding hydrogens is 194 g/mol. The molecular formula is C10H17N3S. The smallest absolute Gasteiger partial charge is 0.202 e. The molecule has 1 aromatic heterocycles. The van der Waals surface area contributed by atoms with Crippen LogP contribution in [0.4, 0.5) is 5.13 Å². The summed E-state index contributed by atoms with van der Waals surface area (Å²) in [7, 11) is 0. The van der Waals surface area contributed by atoms with E-state index in [0.717, 1.165) is 17.5 Å². The molecule has 0 amide bonds. The van der Waals surface area contributed by atoms with Gasteiger partial charge in [0.05, 0.1) is 0 Å². The van der Waals surface area contributed by atoms with E-state index in [1.165, 1.54) is 37.2 Å². The van der Waals surface area contributed by atoms with E-state index < -0.39 is 0 Å². The Balaban J connectivity index is 1.82. The number of anilines is 1. The molecule has 2 rings (SSSR count). The van der Waals surface area contributed by atoms with Crippen LogP contribution in [0.1, 0.15) is 38.4 Å². The Morgan fingerprint density at radius 2 is 2.29 bits per heavy atom. The summed E-state index contributed by atoms with van der Waals surface area (Å²) >= 11 is 1.46. The van der Waals surface area contributed by atoms with Crippen molar-refractivity contribution in [3.63, 3.8) is 0 Å². The number of aromatic nitrogens is 2. The standard InChI is InChI=1S/C10H17N3S/c1-3-4-10(5-6-10)7-11-9-12-8(2)13-14-9/h3-7H2,1-2H3,(H,11,12,13). The zero-order chi connectivity index (χ0) is 10.0. The quantitative estimate of drug-likeness (QED) is 0.813. The van der Waals surface area contributed by atoms with Crippen LogP contribution in [0.15, 0.2) is 0 Å². The van der Waals surface area contributed by atoms with Crippen LogP contribution in [-0.2, 0) is 0 Å². The fourth-order valence-electron chi connectivity index (χ4n) is 1.85. The minimum atomic E-state index is 0.592. The highest BCUT2D eigenvalue weighted by atomic mass is 32.1. The lowest BCUT2D eigenvalue weighted by Crippen LogP contribution is -2.14. The van der Waals surface area contributed by atoms with Crippen molar-refractivity contribution in [1.29, 1.82) is 0 Å². The minimum Gasteiger partial charge on any atom is -0.360 e. The first-order valence-electron chi connectivity index (χ1n) is 5.28. The van der Waals surface area contributed by atoms with Crippen LogP contribution >= 0.6 is 11.5 Å². The van der Waals surface area contributed by atoms with E-state index >= 15 is 0 Å². The van der Waals surface area contributed by atoms with Crippen molar-refractivity contribution in [1.82, 2.24) is 9.36 Å². The minimum absolute atomic E-state index is 0.592. The van der Waals surface area contributed by atoms with Crippen LogP contribution in [0.3, 0.4) is 0 Å². The Hall–Kier alpha value is -0.640. The molecule has 1 heterocycles. The topological polar surface area (TPSA) is 37.8 Å². The normalized spacial score (nSPS) is 18.1. The Bertz CT molecular complexity index is 304. The molecule has 1 aromatic rings. The van der Waals surface area contributed by atoms with Gasteiger partial charge in [0.1, 0.15) is 5.82 Å². The summed E-state index contributed by atoms with van der Waals surface area (Å²) in [4.78, 5) is 4.30. The van der Waals surface area contributed by atoms with Crippen LogP contribution in [0.5, 0.6) is 0 Å². The monoisotopic (exact) mass is 211 g/mol. The Kier molecular flexibility index (Phi) is 2.72. The van der Waals surface area contributed by atoms with Gasteiger partial charge < -0.3 is 5.32 Å². The summed E-state index contributed by atoms with van der Waals surface area (Å²) in [6, 6.07) is 0. The van der Waals surface area contributed by atoms with Gasteiger partial charge in [-0.2, -0.15) is 4.37 Å². The number of rotatable bonds is 5. The highest BCUT2D eigenvalue weighted by Crippen LogP contribution is 2.49. The molecule has 0 radical (unpaired) electrons. The van der Waals surface area contributed by atoms with Gasteiger partial charge in [-0.05, 0) is 31.6 Å². The molecule has 0 saturated heterocycles. The molecule has 0 atom stereocenters. The first-order chi connectivity index (χ1) is 6.74. The van der Waals surface area contributed by atoms with Gasteiger partial charge in [-0.3, -0.25) is 0 Å². The summed E-state index contributed by atoms with van der Waals surface area (Å²) in [5.41, 5.74) is 0.592. The Morgan fingerprint density at radius 3 is 2.79 bits per heavy atom. The van der Waals surface area contributed by atoms with Crippen molar-refractivity contribution in [2.24, 2.45) is 5.41 Å².